The molecule has 2 aliphatic carbocycles. The zero-order valence-corrected chi connectivity index (χ0v) is 10.2. The van der Waals surface area contributed by atoms with Crippen molar-refractivity contribution in [3.63, 3.8) is 0 Å². The predicted molar refractivity (Wildman–Crippen MR) is 64.1 cm³/mol. The fraction of sp³-hybridized carbons (Fsp3) is 0.533. The molecule has 0 N–H and O–H groups in total. The van der Waals surface area contributed by atoms with Gasteiger partial charge in [-0.1, -0.05) is 19.9 Å². The summed E-state index contributed by atoms with van der Waals surface area (Å²) in [6.07, 6.45) is 3.58. The summed E-state index contributed by atoms with van der Waals surface area (Å²) < 4.78 is 0. The number of nitriles is 1. The number of benzene rings is 1. The van der Waals surface area contributed by atoms with E-state index in [1.807, 2.05) is 6.07 Å². The summed E-state index contributed by atoms with van der Waals surface area (Å²) in [4.78, 5) is 0. The van der Waals surface area contributed by atoms with Gasteiger partial charge in [0.2, 0.25) is 0 Å². The molecule has 2 atom stereocenters. The van der Waals surface area contributed by atoms with Crippen molar-refractivity contribution in [2.75, 3.05) is 0 Å². The number of aryl methyl sites for hydroxylation is 1. The maximum atomic E-state index is 9.22. The average Bonchev–Trinajstić information content (AvgIpc) is 2.75. The van der Waals surface area contributed by atoms with Gasteiger partial charge in [0.25, 0.3) is 0 Å². The molecule has 1 nitrogen and oxygen atoms in total. The van der Waals surface area contributed by atoms with Crippen LogP contribution < -0.4 is 0 Å². The lowest BCUT2D eigenvalue weighted by Crippen LogP contribution is -2.21. The van der Waals surface area contributed by atoms with E-state index in [1.54, 1.807) is 0 Å². The summed E-state index contributed by atoms with van der Waals surface area (Å²) >= 11 is 0. The van der Waals surface area contributed by atoms with Crippen LogP contribution in [-0.2, 0) is 12.8 Å². The third-order valence-electron chi connectivity index (χ3n) is 4.87. The van der Waals surface area contributed by atoms with Gasteiger partial charge in [-0.15, -0.1) is 0 Å². The molecule has 1 fully saturated rings. The molecule has 0 saturated heterocycles. The van der Waals surface area contributed by atoms with Crippen molar-refractivity contribution in [3.05, 3.63) is 34.4 Å². The molecule has 82 valence electrons. The minimum absolute atomic E-state index is 0.459. The minimum atomic E-state index is 0.459. The van der Waals surface area contributed by atoms with Crippen molar-refractivity contribution in [2.24, 2.45) is 10.8 Å². The van der Waals surface area contributed by atoms with E-state index in [0.717, 1.165) is 18.4 Å². The zero-order valence-electron chi connectivity index (χ0n) is 10.2. The van der Waals surface area contributed by atoms with E-state index >= 15 is 0 Å². The summed E-state index contributed by atoms with van der Waals surface area (Å²) in [6, 6.07) is 6.68. The Morgan fingerprint density at radius 1 is 1.19 bits per heavy atom. The Labute approximate surface area is 97.1 Å². The second-order valence-electron chi connectivity index (χ2n) is 6.21. The second-order valence-corrected chi connectivity index (χ2v) is 6.21. The number of hydrogen-bond donors (Lipinski definition) is 0. The molecule has 1 aromatic rings. The first-order chi connectivity index (χ1) is 7.47. The molecule has 2 aliphatic rings. The van der Waals surface area contributed by atoms with Gasteiger partial charge < -0.3 is 0 Å². The third kappa shape index (κ3) is 1.11. The standard InChI is InChI=1S/C15H17N/c1-10-4-11-6-14(2)9-15(14,3)7-13(11)12(5-10)8-16/h4-5H,6-7,9H2,1-3H3. The van der Waals surface area contributed by atoms with Crippen molar-refractivity contribution < 1.29 is 0 Å². The van der Waals surface area contributed by atoms with E-state index < -0.39 is 0 Å². The highest BCUT2D eigenvalue weighted by Crippen LogP contribution is 2.69. The molecular formula is C15H17N. The highest BCUT2D eigenvalue weighted by atomic mass is 14.7. The molecule has 0 aliphatic heterocycles. The van der Waals surface area contributed by atoms with Crippen LogP contribution in [0.5, 0.6) is 0 Å². The molecule has 16 heavy (non-hydrogen) atoms. The molecule has 1 aromatic carbocycles. The first-order valence-electron chi connectivity index (χ1n) is 6.00. The summed E-state index contributed by atoms with van der Waals surface area (Å²) in [5, 5.41) is 9.22. The average molecular weight is 211 g/mol. The van der Waals surface area contributed by atoms with E-state index in [0.29, 0.717) is 10.8 Å². The van der Waals surface area contributed by atoms with E-state index in [-0.39, 0.29) is 0 Å². The quantitative estimate of drug-likeness (QED) is 0.645. The van der Waals surface area contributed by atoms with Gasteiger partial charge in [-0.2, -0.15) is 5.26 Å². The van der Waals surface area contributed by atoms with Crippen LogP contribution in [0.1, 0.15) is 42.5 Å². The first-order valence-corrected chi connectivity index (χ1v) is 6.00. The summed E-state index contributed by atoms with van der Waals surface area (Å²) in [6.45, 7) is 6.85. The van der Waals surface area contributed by atoms with Crippen molar-refractivity contribution in [1.29, 1.82) is 5.26 Å². The van der Waals surface area contributed by atoms with Gasteiger partial charge in [-0.3, -0.25) is 0 Å². The van der Waals surface area contributed by atoms with Crippen molar-refractivity contribution >= 4 is 0 Å². The molecule has 2 unspecified atom stereocenters. The number of hydrogen-bond acceptors (Lipinski definition) is 1. The summed E-state index contributed by atoms with van der Waals surface area (Å²) in [5.74, 6) is 0. The van der Waals surface area contributed by atoms with Crippen molar-refractivity contribution in [1.82, 2.24) is 0 Å². The van der Waals surface area contributed by atoms with Crippen LogP contribution in [0.25, 0.3) is 0 Å². The Bertz CT molecular complexity index is 523. The summed E-state index contributed by atoms with van der Waals surface area (Å²) in [7, 11) is 0. The molecule has 0 amide bonds. The molecule has 0 radical (unpaired) electrons. The van der Waals surface area contributed by atoms with Crippen LogP contribution in [0.3, 0.4) is 0 Å². The largest absolute Gasteiger partial charge is 0.192 e. The van der Waals surface area contributed by atoms with Crippen LogP contribution in [0.15, 0.2) is 12.1 Å². The minimum Gasteiger partial charge on any atom is -0.192 e. The number of nitrogens with zero attached hydrogens (tertiary/aromatic N) is 1. The second kappa shape index (κ2) is 2.69. The van der Waals surface area contributed by atoms with Crippen molar-refractivity contribution in [2.45, 2.75) is 40.0 Å². The molecule has 1 saturated carbocycles. The highest BCUT2D eigenvalue weighted by molar-refractivity contribution is 5.50. The Morgan fingerprint density at radius 3 is 2.56 bits per heavy atom. The fourth-order valence-electron chi connectivity index (χ4n) is 3.54. The summed E-state index contributed by atoms with van der Waals surface area (Å²) in [5.41, 5.74) is 5.84. The van der Waals surface area contributed by atoms with Crippen LogP contribution in [-0.4, -0.2) is 0 Å². The maximum absolute atomic E-state index is 9.22. The smallest absolute Gasteiger partial charge is 0.0994 e. The molecule has 0 bridgehead atoms. The topological polar surface area (TPSA) is 23.8 Å². The normalized spacial score (nSPS) is 34.9. The Morgan fingerprint density at radius 2 is 1.88 bits per heavy atom. The van der Waals surface area contributed by atoms with Gasteiger partial charge in [0.1, 0.15) is 0 Å². The van der Waals surface area contributed by atoms with Crippen LogP contribution in [0.4, 0.5) is 0 Å². The van der Waals surface area contributed by atoms with Gasteiger partial charge >= 0.3 is 0 Å². The van der Waals surface area contributed by atoms with E-state index in [4.69, 9.17) is 0 Å². The monoisotopic (exact) mass is 211 g/mol. The maximum Gasteiger partial charge on any atom is 0.0994 e. The van der Waals surface area contributed by atoms with Gasteiger partial charge in [-0.05, 0) is 59.8 Å². The van der Waals surface area contributed by atoms with Gasteiger partial charge in [0, 0.05) is 0 Å². The molecule has 3 rings (SSSR count). The van der Waals surface area contributed by atoms with E-state index in [1.165, 1.54) is 23.1 Å². The van der Waals surface area contributed by atoms with Crippen LogP contribution in [0.2, 0.25) is 0 Å². The van der Waals surface area contributed by atoms with Crippen LogP contribution >= 0.6 is 0 Å². The van der Waals surface area contributed by atoms with Gasteiger partial charge in [0.15, 0.2) is 0 Å². The lowest BCUT2D eigenvalue weighted by Gasteiger charge is -2.28. The molecule has 0 aromatic heterocycles. The molecule has 1 heteroatoms. The number of rotatable bonds is 0. The van der Waals surface area contributed by atoms with Crippen molar-refractivity contribution in [3.8, 4) is 6.07 Å². The van der Waals surface area contributed by atoms with E-state index in [9.17, 15) is 5.26 Å². The Kier molecular flexibility index (Phi) is 1.66. The first kappa shape index (κ1) is 9.90. The lowest BCUT2D eigenvalue weighted by molar-refractivity contribution is 0.360. The zero-order chi connectivity index (χ0) is 11.6. The predicted octanol–water partition coefficient (Wildman–Crippen LogP) is 3.38. The van der Waals surface area contributed by atoms with Gasteiger partial charge in [-0.25, -0.2) is 0 Å². The van der Waals surface area contributed by atoms with Gasteiger partial charge in [0.05, 0.1) is 11.6 Å². The third-order valence-corrected chi connectivity index (χ3v) is 4.87. The molecule has 0 spiro atoms. The number of fused-ring (bicyclic) bond motifs is 2. The fourth-order valence-corrected chi connectivity index (χ4v) is 3.54. The highest BCUT2D eigenvalue weighted by Gasteiger charge is 2.62. The Hall–Kier alpha value is -1.29. The van der Waals surface area contributed by atoms with Crippen LogP contribution in [0, 0.1) is 29.1 Å². The SMILES string of the molecule is Cc1cc(C#N)c2c(c1)CC1(C)CC1(C)C2. The Balaban J connectivity index is 2.16. The lowest BCUT2D eigenvalue weighted by atomic mass is 9.76. The molecular weight excluding hydrogens is 194 g/mol. The molecule has 0 heterocycles. The van der Waals surface area contributed by atoms with E-state index in [2.05, 4.69) is 32.9 Å².